The first-order valence-corrected chi connectivity index (χ1v) is 11.6. The lowest BCUT2D eigenvalue weighted by Crippen LogP contribution is -2.43. The van der Waals surface area contributed by atoms with Crippen LogP contribution < -0.4 is 21.3 Å². The molecule has 0 spiro atoms. The molecule has 11 nitrogen and oxygen atoms in total. The largest absolute Gasteiger partial charge is 0.390 e. The molecular formula is C23H33N9O2. The number of likely N-dealkylation sites (tertiary alicyclic amines) is 1. The van der Waals surface area contributed by atoms with Crippen LogP contribution in [0.15, 0.2) is 24.5 Å². The van der Waals surface area contributed by atoms with Crippen molar-refractivity contribution >= 4 is 35.0 Å². The summed E-state index contributed by atoms with van der Waals surface area (Å²) in [6.07, 6.45) is 5.14. The molecule has 4 rings (SSSR count). The van der Waals surface area contributed by atoms with Crippen LogP contribution in [0.3, 0.4) is 0 Å². The van der Waals surface area contributed by atoms with Gasteiger partial charge in [0.2, 0.25) is 11.9 Å². The maximum Gasteiger partial charge on any atom is 0.245 e. The molecule has 2 aliphatic heterocycles. The van der Waals surface area contributed by atoms with Crippen molar-refractivity contribution < 1.29 is 9.90 Å². The zero-order chi connectivity index (χ0) is 24.5. The Morgan fingerprint density at radius 1 is 1.26 bits per heavy atom. The highest BCUT2D eigenvalue weighted by Gasteiger charge is 2.33. The molecule has 0 saturated carbocycles. The molecule has 0 unspecified atom stereocenters. The number of carbonyl (C=O) groups excluding carboxylic acids is 1. The van der Waals surface area contributed by atoms with E-state index in [0.29, 0.717) is 67.7 Å². The van der Waals surface area contributed by atoms with Crippen molar-refractivity contribution in [3.05, 3.63) is 30.1 Å². The van der Waals surface area contributed by atoms with Gasteiger partial charge in [0.15, 0.2) is 0 Å². The second-order valence-corrected chi connectivity index (χ2v) is 9.50. The molecule has 4 heterocycles. The molecule has 1 amide bonds. The number of aromatic nitrogens is 3. The van der Waals surface area contributed by atoms with Crippen LogP contribution in [0.1, 0.15) is 45.6 Å². The van der Waals surface area contributed by atoms with Gasteiger partial charge >= 0.3 is 0 Å². The Morgan fingerprint density at radius 3 is 2.65 bits per heavy atom. The molecule has 2 saturated heterocycles. The van der Waals surface area contributed by atoms with Crippen LogP contribution in [0, 0.1) is 5.41 Å². The number of nitrogens with zero attached hydrogens (tertiary/aromatic N) is 5. The Morgan fingerprint density at radius 2 is 2.00 bits per heavy atom. The van der Waals surface area contributed by atoms with Gasteiger partial charge in [0.25, 0.3) is 0 Å². The lowest BCUT2D eigenvalue weighted by molar-refractivity contribution is -0.125. The van der Waals surface area contributed by atoms with Crippen LogP contribution in [-0.2, 0) is 4.79 Å². The van der Waals surface area contributed by atoms with Crippen molar-refractivity contribution in [1.29, 1.82) is 5.41 Å². The third-order valence-corrected chi connectivity index (χ3v) is 6.14. The van der Waals surface area contributed by atoms with Gasteiger partial charge in [-0.25, -0.2) is 9.97 Å². The summed E-state index contributed by atoms with van der Waals surface area (Å²) in [5, 5.41) is 25.4. The molecule has 0 aliphatic carbocycles. The van der Waals surface area contributed by atoms with Crippen molar-refractivity contribution in [1.82, 2.24) is 19.9 Å². The van der Waals surface area contributed by atoms with E-state index in [-0.39, 0.29) is 17.8 Å². The van der Waals surface area contributed by atoms with Crippen molar-refractivity contribution in [3.63, 3.8) is 0 Å². The summed E-state index contributed by atoms with van der Waals surface area (Å²) in [6.45, 7) is 7.67. The fourth-order valence-electron chi connectivity index (χ4n) is 4.10. The first kappa shape index (κ1) is 23.8. The number of amidine groups is 1. The van der Waals surface area contributed by atoms with Gasteiger partial charge in [0, 0.05) is 44.1 Å². The van der Waals surface area contributed by atoms with Gasteiger partial charge in [0.1, 0.15) is 17.5 Å². The first-order valence-electron chi connectivity index (χ1n) is 11.6. The van der Waals surface area contributed by atoms with Crippen LogP contribution >= 0.6 is 0 Å². The maximum absolute atomic E-state index is 12.3. The van der Waals surface area contributed by atoms with Crippen molar-refractivity contribution in [2.24, 2.45) is 5.73 Å². The summed E-state index contributed by atoms with van der Waals surface area (Å²) in [5.41, 5.74) is 6.42. The third kappa shape index (κ3) is 5.26. The Kier molecular flexibility index (Phi) is 6.67. The number of hydrogen-bond donors (Lipinski definition) is 5. The number of carbonyl (C=O) groups is 1. The summed E-state index contributed by atoms with van der Waals surface area (Å²) < 4.78 is 0. The number of amides is 1. The number of hydrogen-bond acceptors (Lipinski definition) is 10. The van der Waals surface area contributed by atoms with Crippen molar-refractivity contribution in [2.75, 3.05) is 35.2 Å². The summed E-state index contributed by atoms with van der Waals surface area (Å²) in [5.74, 6) is 1.59. The Balaban J connectivity index is 1.54. The number of pyridine rings is 1. The number of aliphatic hydroxyl groups is 1. The fraction of sp³-hybridized carbons (Fsp3) is 0.522. The van der Waals surface area contributed by atoms with Gasteiger partial charge < -0.3 is 26.4 Å². The van der Waals surface area contributed by atoms with Crippen molar-refractivity contribution in [2.45, 2.75) is 57.7 Å². The minimum absolute atomic E-state index is 0.0884. The Labute approximate surface area is 199 Å². The number of rotatable bonds is 6. The summed E-state index contributed by atoms with van der Waals surface area (Å²) >= 11 is 0. The van der Waals surface area contributed by atoms with E-state index >= 15 is 0 Å². The third-order valence-electron chi connectivity index (χ3n) is 6.14. The quantitative estimate of drug-likeness (QED) is 0.315. The summed E-state index contributed by atoms with van der Waals surface area (Å²) in [4.78, 5) is 29.3. The average Bonchev–Trinajstić information content (AvgIpc) is 3.11. The van der Waals surface area contributed by atoms with E-state index in [9.17, 15) is 9.90 Å². The van der Waals surface area contributed by atoms with Gasteiger partial charge in [-0.3, -0.25) is 15.1 Å². The lowest BCUT2D eigenvalue weighted by Gasteiger charge is -2.35. The monoisotopic (exact) mass is 467 g/mol. The van der Waals surface area contributed by atoms with Crippen molar-refractivity contribution in [3.8, 4) is 0 Å². The van der Waals surface area contributed by atoms with E-state index in [0.717, 1.165) is 0 Å². The van der Waals surface area contributed by atoms with E-state index in [2.05, 4.69) is 30.5 Å². The fourth-order valence-corrected chi connectivity index (χ4v) is 4.10. The molecule has 2 fully saturated rings. The highest BCUT2D eigenvalue weighted by Crippen LogP contribution is 2.27. The van der Waals surface area contributed by atoms with Crippen LogP contribution in [0.4, 0.5) is 23.3 Å². The molecule has 0 aromatic carbocycles. The lowest BCUT2D eigenvalue weighted by atomic mass is 9.94. The zero-order valence-corrected chi connectivity index (χ0v) is 19.9. The molecule has 0 bridgehead atoms. The highest BCUT2D eigenvalue weighted by atomic mass is 16.3. The van der Waals surface area contributed by atoms with Gasteiger partial charge in [0.05, 0.1) is 22.9 Å². The second kappa shape index (κ2) is 9.51. The van der Waals surface area contributed by atoms with Crippen LogP contribution in [0.5, 0.6) is 0 Å². The normalized spacial score (nSPS) is 20.1. The van der Waals surface area contributed by atoms with E-state index in [1.54, 1.807) is 18.5 Å². The molecule has 2 aromatic rings. The second-order valence-electron chi connectivity index (χ2n) is 9.50. The molecule has 2 aliphatic rings. The molecule has 11 heteroatoms. The number of anilines is 4. The summed E-state index contributed by atoms with van der Waals surface area (Å²) in [6, 6.07) is 3.12. The SMILES string of the molecule is CC(C)Nc1cc(Nc2ccnc(N3CCC(C)(O)CC3)n2)ncc1C(=N)N1CC[C@@H](N)C1=O. The minimum Gasteiger partial charge on any atom is -0.390 e. The smallest absolute Gasteiger partial charge is 0.245 e. The highest BCUT2D eigenvalue weighted by molar-refractivity contribution is 6.11. The number of piperidine rings is 1. The molecular weight excluding hydrogens is 434 g/mol. The Bertz CT molecular complexity index is 1060. The molecule has 6 N–H and O–H groups in total. The number of nitrogens with two attached hydrogens (primary N) is 1. The molecule has 182 valence electrons. The van der Waals surface area contributed by atoms with Gasteiger partial charge in [-0.05, 0) is 46.1 Å². The van der Waals surface area contributed by atoms with Crippen LogP contribution in [0.2, 0.25) is 0 Å². The van der Waals surface area contributed by atoms with E-state index in [4.69, 9.17) is 11.1 Å². The van der Waals surface area contributed by atoms with Gasteiger partial charge in [-0.2, -0.15) is 4.98 Å². The van der Waals surface area contributed by atoms with E-state index < -0.39 is 11.6 Å². The van der Waals surface area contributed by atoms with Gasteiger partial charge in [-0.15, -0.1) is 0 Å². The molecule has 0 radical (unpaired) electrons. The van der Waals surface area contributed by atoms with E-state index in [1.807, 2.05) is 26.8 Å². The van der Waals surface area contributed by atoms with E-state index in [1.165, 1.54) is 4.90 Å². The minimum atomic E-state index is -0.643. The Hall–Kier alpha value is -3.31. The topological polar surface area (TPSA) is 156 Å². The molecule has 1 atom stereocenters. The molecule has 2 aromatic heterocycles. The maximum atomic E-state index is 12.3. The predicted octanol–water partition coefficient (Wildman–Crippen LogP) is 1.67. The predicted molar refractivity (Wildman–Crippen MR) is 132 cm³/mol. The van der Waals surface area contributed by atoms with Crippen LogP contribution in [-0.4, -0.2) is 74.0 Å². The van der Waals surface area contributed by atoms with Crippen LogP contribution in [0.25, 0.3) is 0 Å². The van der Waals surface area contributed by atoms with Gasteiger partial charge in [-0.1, -0.05) is 0 Å². The standard InChI is InChI=1S/C23H33N9O2/c1-14(2)28-17-12-19(27-13-15(17)20(25)32-9-5-16(24)21(32)33)29-18-4-8-26-22(30-18)31-10-6-23(3,34)7-11-31/h4,8,12-14,16,25,34H,5-7,9-11,24H2,1-3H3,(H2,26,27,28,29,30)/t16-/m1/s1. The zero-order valence-electron chi connectivity index (χ0n) is 19.9. The molecule has 34 heavy (non-hydrogen) atoms. The average molecular weight is 468 g/mol. The number of nitrogens with one attached hydrogen (secondary N) is 3. The summed E-state index contributed by atoms with van der Waals surface area (Å²) in [7, 11) is 0. The first-order chi connectivity index (χ1) is 16.1.